The van der Waals surface area contributed by atoms with Crippen molar-refractivity contribution in [3.63, 3.8) is 0 Å². The Labute approximate surface area is 111 Å². The van der Waals surface area contributed by atoms with Gasteiger partial charge in [0.25, 0.3) is 0 Å². The summed E-state index contributed by atoms with van der Waals surface area (Å²) in [7, 11) is 0. The van der Waals surface area contributed by atoms with Crippen molar-refractivity contribution in [2.45, 2.75) is 39.0 Å². The Kier molecular flexibility index (Phi) is 4.71. The molecule has 1 aliphatic heterocycles. The van der Waals surface area contributed by atoms with E-state index in [1.54, 1.807) is 20.8 Å². The third kappa shape index (κ3) is 4.56. The van der Waals surface area contributed by atoms with Crippen molar-refractivity contribution in [1.82, 2.24) is 4.90 Å². The summed E-state index contributed by atoms with van der Waals surface area (Å²) in [5.74, 6) is -2.20. The van der Waals surface area contributed by atoms with E-state index in [0.717, 1.165) is 4.90 Å². The van der Waals surface area contributed by atoms with Crippen molar-refractivity contribution in [3.05, 3.63) is 0 Å². The molecular weight excluding hydrogens is 261 g/mol. The minimum atomic E-state index is -4.34. The van der Waals surface area contributed by atoms with Crippen LogP contribution < -0.4 is 5.73 Å². The zero-order chi connectivity index (χ0) is 14.8. The Morgan fingerprint density at radius 2 is 1.95 bits per heavy atom. The molecule has 0 aromatic rings. The predicted molar refractivity (Wildman–Crippen MR) is 64.5 cm³/mol. The average molecular weight is 282 g/mol. The van der Waals surface area contributed by atoms with Gasteiger partial charge in [-0.1, -0.05) is 0 Å². The fourth-order valence-electron chi connectivity index (χ4n) is 2.15. The molecule has 1 rings (SSSR count). The molecule has 1 aliphatic rings. The Morgan fingerprint density at radius 1 is 1.37 bits per heavy atom. The summed E-state index contributed by atoms with van der Waals surface area (Å²) in [5, 5.41) is 0. The predicted octanol–water partition coefficient (Wildman–Crippen LogP) is 2.38. The molecule has 0 aromatic heterocycles. The van der Waals surface area contributed by atoms with Gasteiger partial charge >= 0.3 is 12.3 Å². The van der Waals surface area contributed by atoms with Crippen LogP contribution in [0.15, 0.2) is 0 Å². The molecule has 1 amide bonds. The standard InChI is InChI=1S/C12H21F3N2O2/c1-11(2,3)19-10(18)17-5-4-8(6-16)9(7-17)12(13,14)15/h8-9H,4-7,16H2,1-3H3/t8-,9-/m1/s1. The quantitative estimate of drug-likeness (QED) is 0.803. The molecule has 2 atom stereocenters. The second kappa shape index (κ2) is 5.56. The number of halogens is 3. The van der Waals surface area contributed by atoms with Crippen molar-refractivity contribution in [3.8, 4) is 0 Å². The van der Waals surface area contributed by atoms with E-state index < -0.39 is 29.7 Å². The van der Waals surface area contributed by atoms with Gasteiger partial charge in [0.1, 0.15) is 5.60 Å². The average Bonchev–Trinajstić information content (AvgIpc) is 2.24. The van der Waals surface area contributed by atoms with Crippen LogP contribution in [0.1, 0.15) is 27.2 Å². The van der Waals surface area contributed by atoms with E-state index in [9.17, 15) is 18.0 Å². The van der Waals surface area contributed by atoms with Gasteiger partial charge in [0.05, 0.1) is 5.92 Å². The van der Waals surface area contributed by atoms with Crippen LogP contribution in [0.3, 0.4) is 0 Å². The first-order valence-electron chi connectivity index (χ1n) is 6.29. The van der Waals surface area contributed by atoms with Crippen LogP contribution >= 0.6 is 0 Å². The normalized spacial score (nSPS) is 25.3. The number of alkyl halides is 3. The first-order valence-corrected chi connectivity index (χ1v) is 6.29. The molecule has 0 aliphatic carbocycles. The molecule has 1 heterocycles. The Balaban J connectivity index is 2.72. The van der Waals surface area contributed by atoms with Crippen LogP contribution in [0.2, 0.25) is 0 Å². The maximum atomic E-state index is 12.9. The molecule has 112 valence electrons. The molecule has 0 bridgehead atoms. The number of piperidine rings is 1. The van der Waals surface area contributed by atoms with Gasteiger partial charge in [-0.2, -0.15) is 13.2 Å². The molecule has 0 unspecified atom stereocenters. The highest BCUT2D eigenvalue weighted by molar-refractivity contribution is 5.68. The number of carbonyl (C=O) groups excluding carboxylic acids is 1. The lowest BCUT2D eigenvalue weighted by molar-refractivity contribution is -0.199. The number of rotatable bonds is 1. The molecule has 4 nitrogen and oxygen atoms in total. The van der Waals surface area contributed by atoms with E-state index in [1.807, 2.05) is 0 Å². The second-order valence-electron chi connectivity index (χ2n) is 5.86. The molecule has 1 fully saturated rings. The highest BCUT2D eigenvalue weighted by atomic mass is 19.4. The van der Waals surface area contributed by atoms with E-state index in [-0.39, 0.29) is 26.1 Å². The topological polar surface area (TPSA) is 55.6 Å². The second-order valence-corrected chi connectivity index (χ2v) is 5.86. The van der Waals surface area contributed by atoms with E-state index in [2.05, 4.69) is 0 Å². The maximum Gasteiger partial charge on any atom is 0.410 e. The fraction of sp³-hybridized carbons (Fsp3) is 0.917. The monoisotopic (exact) mass is 282 g/mol. The molecule has 1 saturated heterocycles. The lowest BCUT2D eigenvalue weighted by Crippen LogP contribution is -2.51. The van der Waals surface area contributed by atoms with Crippen molar-refractivity contribution in [2.75, 3.05) is 19.6 Å². The number of nitrogens with zero attached hydrogens (tertiary/aromatic N) is 1. The first-order chi connectivity index (χ1) is 8.54. The summed E-state index contributed by atoms with van der Waals surface area (Å²) >= 11 is 0. The van der Waals surface area contributed by atoms with Gasteiger partial charge in [0.15, 0.2) is 0 Å². The first kappa shape index (κ1) is 16.1. The van der Waals surface area contributed by atoms with Gasteiger partial charge < -0.3 is 15.4 Å². The lowest BCUT2D eigenvalue weighted by Gasteiger charge is -2.39. The minimum absolute atomic E-state index is 0.0215. The smallest absolute Gasteiger partial charge is 0.410 e. The Hall–Kier alpha value is -0.980. The van der Waals surface area contributed by atoms with Gasteiger partial charge in [-0.3, -0.25) is 0 Å². The summed E-state index contributed by atoms with van der Waals surface area (Å²) < 4.78 is 43.9. The molecule has 7 heteroatoms. The van der Waals surface area contributed by atoms with Gasteiger partial charge in [-0.25, -0.2) is 4.79 Å². The number of amides is 1. The van der Waals surface area contributed by atoms with Crippen LogP contribution in [0.4, 0.5) is 18.0 Å². The third-order valence-corrected chi connectivity index (χ3v) is 3.13. The number of carbonyl (C=O) groups is 1. The van der Waals surface area contributed by atoms with Crippen molar-refractivity contribution in [1.29, 1.82) is 0 Å². The van der Waals surface area contributed by atoms with Crippen molar-refractivity contribution in [2.24, 2.45) is 17.6 Å². The van der Waals surface area contributed by atoms with E-state index in [0.29, 0.717) is 0 Å². The molecule has 0 aromatic carbocycles. The fourth-order valence-corrected chi connectivity index (χ4v) is 2.15. The molecular formula is C12H21F3N2O2. The van der Waals surface area contributed by atoms with Crippen LogP contribution in [-0.2, 0) is 4.74 Å². The highest BCUT2D eigenvalue weighted by Gasteiger charge is 2.48. The number of likely N-dealkylation sites (tertiary alicyclic amines) is 1. The number of ether oxygens (including phenoxy) is 1. The minimum Gasteiger partial charge on any atom is -0.444 e. The molecule has 0 radical (unpaired) electrons. The van der Waals surface area contributed by atoms with Crippen molar-refractivity contribution < 1.29 is 22.7 Å². The summed E-state index contributed by atoms with van der Waals surface area (Å²) in [6, 6.07) is 0. The van der Waals surface area contributed by atoms with Gasteiger partial charge in [-0.15, -0.1) is 0 Å². The zero-order valence-corrected chi connectivity index (χ0v) is 11.5. The van der Waals surface area contributed by atoms with Crippen molar-refractivity contribution >= 4 is 6.09 Å². The highest BCUT2D eigenvalue weighted by Crippen LogP contribution is 2.37. The van der Waals surface area contributed by atoms with Crippen LogP contribution in [0.25, 0.3) is 0 Å². The zero-order valence-electron chi connectivity index (χ0n) is 11.5. The van der Waals surface area contributed by atoms with Crippen LogP contribution in [0, 0.1) is 11.8 Å². The SMILES string of the molecule is CC(C)(C)OC(=O)N1CC[C@H](CN)[C@H](C(F)(F)F)C1. The van der Waals surface area contributed by atoms with E-state index in [4.69, 9.17) is 10.5 Å². The van der Waals surface area contributed by atoms with E-state index >= 15 is 0 Å². The number of hydrogen-bond acceptors (Lipinski definition) is 3. The molecule has 0 spiro atoms. The van der Waals surface area contributed by atoms with Gasteiger partial charge in [0, 0.05) is 13.1 Å². The number of hydrogen-bond donors (Lipinski definition) is 1. The van der Waals surface area contributed by atoms with E-state index in [1.165, 1.54) is 0 Å². The lowest BCUT2D eigenvalue weighted by atomic mass is 9.85. The van der Waals surface area contributed by atoms with Crippen LogP contribution in [0.5, 0.6) is 0 Å². The molecule has 0 saturated carbocycles. The van der Waals surface area contributed by atoms with Gasteiger partial charge in [-0.05, 0) is 39.7 Å². The summed E-state index contributed by atoms with van der Waals surface area (Å²) in [5.41, 5.74) is 4.67. The molecule has 2 N–H and O–H groups in total. The summed E-state index contributed by atoms with van der Waals surface area (Å²) in [6.45, 7) is 4.90. The molecule has 19 heavy (non-hydrogen) atoms. The largest absolute Gasteiger partial charge is 0.444 e. The number of nitrogens with two attached hydrogens (primary N) is 1. The Bertz CT molecular complexity index is 326. The Morgan fingerprint density at radius 3 is 2.37 bits per heavy atom. The summed E-state index contributed by atoms with van der Waals surface area (Å²) in [4.78, 5) is 12.9. The summed E-state index contributed by atoms with van der Waals surface area (Å²) in [6.07, 6.45) is -4.79. The maximum absolute atomic E-state index is 12.9. The van der Waals surface area contributed by atoms with Gasteiger partial charge in [0.2, 0.25) is 0 Å². The third-order valence-electron chi connectivity index (χ3n) is 3.13. The van der Waals surface area contributed by atoms with Crippen LogP contribution in [-0.4, -0.2) is 42.4 Å².